The maximum absolute atomic E-state index is 12.2. The number of pyridine rings is 1. The molecule has 3 aromatic rings. The molecular weight excluding hydrogens is 324 g/mol. The second-order valence-corrected chi connectivity index (χ2v) is 5.87. The van der Waals surface area contributed by atoms with E-state index >= 15 is 0 Å². The Balaban J connectivity index is 1.66. The summed E-state index contributed by atoms with van der Waals surface area (Å²) in [6.45, 7) is 0.261. The van der Waals surface area contributed by atoms with Crippen molar-refractivity contribution in [2.24, 2.45) is 0 Å². The zero-order valence-corrected chi connectivity index (χ0v) is 12.9. The second kappa shape index (κ2) is 6.25. The standard InChI is InChI=1S/C14H11ClN4O2S/c15-9-1-2-11(16-7-9)18-12(20)3-5-19-8-17-13-10(14(19)21)4-6-22-13/h1-2,4,6-8H,3,5H2,(H,16,18,20). The summed E-state index contributed by atoms with van der Waals surface area (Å²) in [5.74, 6) is 0.195. The molecule has 0 radical (unpaired) electrons. The predicted octanol–water partition coefficient (Wildman–Crippen LogP) is 2.54. The van der Waals surface area contributed by atoms with Crippen molar-refractivity contribution in [1.82, 2.24) is 14.5 Å². The maximum Gasteiger partial charge on any atom is 0.262 e. The molecule has 0 saturated carbocycles. The van der Waals surface area contributed by atoms with E-state index in [4.69, 9.17) is 11.6 Å². The van der Waals surface area contributed by atoms with Crippen LogP contribution in [0.25, 0.3) is 10.2 Å². The SMILES string of the molecule is O=C(CCn1cnc2sccc2c1=O)Nc1ccc(Cl)cn1. The Morgan fingerprint density at radius 2 is 2.18 bits per heavy atom. The molecule has 1 N–H and O–H groups in total. The first-order valence-corrected chi connectivity index (χ1v) is 7.73. The molecule has 0 aliphatic rings. The molecule has 112 valence electrons. The van der Waals surface area contributed by atoms with Gasteiger partial charge in [0.2, 0.25) is 5.91 Å². The zero-order chi connectivity index (χ0) is 15.5. The minimum absolute atomic E-state index is 0.135. The summed E-state index contributed by atoms with van der Waals surface area (Å²) in [5, 5.41) is 5.55. The van der Waals surface area contributed by atoms with Crippen LogP contribution in [-0.2, 0) is 11.3 Å². The van der Waals surface area contributed by atoms with Gasteiger partial charge in [-0.1, -0.05) is 11.6 Å². The highest BCUT2D eigenvalue weighted by molar-refractivity contribution is 7.16. The lowest BCUT2D eigenvalue weighted by molar-refractivity contribution is -0.116. The maximum atomic E-state index is 12.2. The topological polar surface area (TPSA) is 76.9 Å². The first-order chi connectivity index (χ1) is 10.6. The minimum atomic E-state index is -0.230. The molecule has 0 fully saturated rings. The van der Waals surface area contributed by atoms with Crippen molar-refractivity contribution in [3.05, 3.63) is 51.5 Å². The lowest BCUT2D eigenvalue weighted by Crippen LogP contribution is -2.23. The average molecular weight is 335 g/mol. The highest BCUT2D eigenvalue weighted by Crippen LogP contribution is 2.13. The van der Waals surface area contributed by atoms with E-state index in [0.29, 0.717) is 21.1 Å². The summed E-state index contributed by atoms with van der Waals surface area (Å²) in [4.78, 5) is 32.9. The summed E-state index contributed by atoms with van der Waals surface area (Å²) in [6.07, 6.45) is 3.08. The third-order valence-corrected chi connectivity index (χ3v) is 4.07. The Bertz CT molecular complexity index is 872. The summed E-state index contributed by atoms with van der Waals surface area (Å²) >= 11 is 7.14. The number of rotatable bonds is 4. The van der Waals surface area contributed by atoms with E-state index in [1.54, 1.807) is 18.2 Å². The van der Waals surface area contributed by atoms with Crippen molar-refractivity contribution >= 4 is 44.9 Å². The average Bonchev–Trinajstić information content (AvgIpc) is 2.98. The number of carbonyl (C=O) groups is 1. The van der Waals surface area contributed by atoms with Crippen LogP contribution < -0.4 is 10.9 Å². The number of nitrogens with one attached hydrogen (secondary N) is 1. The van der Waals surface area contributed by atoms with Gasteiger partial charge >= 0.3 is 0 Å². The Hall–Kier alpha value is -2.25. The van der Waals surface area contributed by atoms with Crippen LogP contribution in [0.5, 0.6) is 0 Å². The molecule has 0 saturated heterocycles. The number of aryl methyl sites for hydroxylation is 1. The molecule has 0 unspecified atom stereocenters. The summed E-state index contributed by atoms with van der Waals surface area (Å²) in [6, 6.07) is 5.00. The first-order valence-electron chi connectivity index (χ1n) is 6.47. The first kappa shape index (κ1) is 14.7. The summed E-state index contributed by atoms with van der Waals surface area (Å²) in [5.41, 5.74) is -0.135. The second-order valence-electron chi connectivity index (χ2n) is 4.54. The van der Waals surface area contributed by atoms with Crippen molar-refractivity contribution in [2.75, 3.05) is 5.32 Å². The number of thiophene rings is 1. The largest absolute Gasteiger partial charge is 0.311 e. The number of carbonyl (C=O) groups excluding carboxylic acids is 1. The van der Waals surface area contributed by atoms with Gasteiger partial charge in [0.25, 0.3) is 5.56 Å². The molecule has 6 nitrogen and oxygen atoms in total. The van der Waals surface area contributed by atoms with Gasteiger partial charge in [0, 0.05) is 19.2 Å². The number of hydrogen-bond acceptors (Lipinski definition) is 5. The molecule has 0 aliphatic heterocycles. The van der Waals surface area contributed by atoms with Gasteiger partial charge in [-0.05, 0) is 23.6 Å². The third kappa shape index (κ3) is 3.15. The highest BCUT2D eigenvalue weighted by Gasteiger charge is 2.08. The van der Waals surface area contributed by atoms with Gasteiger partial charge in [0.05, 0.1) is 16.7 Å². The van der Waals surface area contributed by atoms with Crippen LogP contribution in [0.15, 0.2) is 40.9 Å². The zero-order valence-electron chi connectivity index (χ0n) is 11.3. The fourth-order valence-electron chi connectivity index (χ4n) is 1.93. The molecule has 3 heterocycles. The van der Waals surface area contributed by atoms with Crippen LogP contribution in [0.4, 0.5) is 5.82 Å². The number of halogens is 1. The minimum Gasteiger partial charge on any atom is -0.311 e. The molecule has 0 bridgehead atoms. The van der Waals surface area contributed by atoms with Crippen LogP contribution in [0, 0.1) is 0 Å². The van der Waals surface area contributed by atoms with Crippen molar-refractivity contribution < 1.29 is 4.79 Å². The van der Waals surface area contributed by atoms with Crippen LogP contribution in [0.3, 0.4) is 0 Å². The van der Waals surface area contributed by atoms with Crippen LogP contribution >= 0.6 is 22.9 Å². The summed E-state index contributed by atoms with van der Waals surface area (Å²) < 4.78 is 1.43. The molecule has 0 aromatic carbocycles. The van der Waals surface area contributed by atoms with Gasteiger partial charge in [-0.15, -0.1) is 11.3 Å². The number of hydrogen-bond donors (Lipinski definition) is 1. The predicted molar refractivity (Wildman–Crippen MR) is 86.4 cm³/mol. The van der Waals surface area contributed by atoms with E-state index in [0.717, 1.165) is 0 Å². The molecule has 8 heteroatoms. The normalized spacial score (nSPS) is 10.8. The van der Waals surface area contributed by atoms with Crippen LogP contribution in [0.1, 0.15) is 6.42 Å². The van der Waals surface area contributed by atoms with E-state index in [1.807, 2.05) is 5.38 Å². The van der Waals surface area contributed by atoms with Crippen LogP contribution in [0.2, 0.25) is 5.02 Å². The molecule has 22 heavy (non-hydrogen) atoms. The number of amides is 1. The Labute approximate surface area is 134 Å². The van der Waals surface area contributed by atoms with Crippen molar-refractivity contribution in [3.63, 3.8) is 0 Å². The fraction of sp³-hybridized carbons (Fsp3) is 0.143. The molecule has 0 atom stereocenters. The number of anilines is 1. The Morgan fingerprint density at radius 1 is 1.32 bits per heavy atom. The van der Waals surface area contributed by atoms with E-state index in [9.17, 15) is 9.59 Å². The molecule has 3 aromatic heterocycles. The molecule has 1 amide bonds. The van der Waals surface area contributed by atoms with Gasteiger partial charge < -0.3 is 5.32 Å². The Kier molecular flexibility index (Phi) is 4.17. The van der Waals surface area contributed by atoms with E-state index < -0.39 is 0 Å². The molecular formula is C14H11ClN4O2S. The summed E-state index contributed by atoms with van der Waals surface area (Å²) in [7, 11) is 0. The number of fused-ring (bicyclic) bond motifs is 1. The van der Waals surface area contributed by atoms with Crippen molar-refractivity contribution in [1.29, 1.82) is 0 Å². The van der Waals surface area contributed by atoms with Crippen LogP contribution in [-0.4, -0.2) is 20.4 Å². The van der Waals surface area contributed by atoms with E-state index in [1.165, 1.54) is 28.4 Å². The van der Waals surface area contributed by atoms with Crippen molar-refractivity contribution in [2.45, 2.75) is 13.0 Å². The highest BCUT2D eigenvalue weighted by atomic mass is 35.5. The molecule has 0 aliphatic carbocycles. The monoisotopic (exact) mass is 334 g/mol. The van der Waals surface area contributed by atoms with Crippen molar-refractivity contribution in [3.8, 4) is 0 Å². The number of aromatic nitrogens is 3. The fourth-order valence-corrected chi connectivity index (χ4v) is 2.76. The van der Waals surface area contributed by atoms with Gasteiger partial charge in [0.1, 0.15) is 10.6 Å². The van der Waals surface area contributed by atoms with E-state index in [2.05, 4.69) is 15.3 Å². The Morgan fingerprint density at radius 3 is 2.95 bits per heavy atom. The number of nitrogens with zero attached hydrogens (tertiary/aromatic N) is 3. The molecule has 3 rings (SSSR count). The smallest absolute Gasteiger partial charge is 0.262 e. The van der Waals surface area contributed by atoms with Gasteiger partial charge in [0.15, 0.2) is 0 Å². The van der Waals surface area contributed by atoms with Gasteiger partial charge in [-0.25, -0.2) is 9.97 Å². The molecule has 0 spiro atoms. The lowest BCUT2D eigenvalue weighted by Gasteiger charge is -2.06. The lowest BCUT2D eigenvalue weighted by atomic mass is 10.3. The van der Waals surface area contributed by atoms with E-state index in [-0.39, 0.29) is 24.4 Å². The van der Waals surface area contributed by atoms with Gasteiger partial charge in [-0.2, -0.15) is 0 Å². The third-order valence-electron chi connectivity index (χ3n) is 3.03. The quantitative estimate of drug-likeness (QED) is 0.795. The van der Waals surface area contributed by atoms with Gasteiger partial charge in [-0.3, -0.25) is 14.2 Å².